The fraction of sp³-hybridized carbons (Fsp3) is 1.00. The van der Waals surface area contributed by atoms with Crippen LogP contribution in [0.4, 0.5) is 8.78 Å². The van der Waals surface area contributed by atoms with Crippen LogP contribution in [0.15, 0.2) is 0 Å². The van der Waals surface area contributed by atoms with Gasteiger partial charge in [-0.3, -0.25) is 4.90 Å². The number of hydrogen-bond donors (Lipinski definition) is 1. The summed E-state index contributed by atoms with van der Waals surface area (Å²) in [6, 6.07) is 0.288. The molecule has 0 aromatic rings. The van der Waals surface area contributed by atoms with Crippen LogP contribution in [-0.2, 0) is 0 Å². The molecule has 1 saturated heterocycles. The van der Waals surface area contributed by atoms with Crippen LogP contribution in [0.2, 0.25) is 0 Å². The molecule has 1 unspecified atom stereocenters. The van der Waals surface area contributed by atoms with Crippen molar-refractivity contribution >= 4 is 0 Å². The van der Waals surface area contributed by atoms with Crippen LogP contribution in [0.25, 0.3) is 0 Å². The summed E-state index contributed by atoms with van der Waals surface area (Å²) in [5.74, 6) is -2.57. The summed E-state index contributed by atoms with van der Waals surface area (Å²) < 4.78 is 25.1. The Balaban J connectivity index is 2.31. The second-order valence-electron chi connectivity index (χ2n) is 3.63. The van der Waals surface area contributed by atoms with Gasteiger partial charge in [-0.25, -0.2) is 8.78 Å². The van der Waals surface area contributed by atoms with Crippen molar-refractivity contribution in [3.8, 4) is 0 Å². The number of likely N-dealkylation sites (N-methyl/N-ethyl adjacent to an activating group) is 1. The summed E-state index contributed by atoms with van der Waals surface area (Å²) >= 11 is 0. The van der Waals surface area contributed by atoms with E-state index in [9.17, 15) is 8.78 Å². The lowest BCUT2D eigenvalue weighted by molar-refractivity contribution is -0.0161. The third kappa shape index (κ3) is 3.03. The first kappa shape index (κ1) is 9.86. The van der Waals surface area contributed by atoms with E-state index in [4.69, 9.17) is 0 Å². The predicted molar refractivity (Wildman–Crippen MR) is 44.5 cm³/mol. The number of nitrogens with zero attached hydrogens (tertiary/aromatic N) is 1. The van der Waals surface area contributed by atoms with Crippen molar-refractivity contribution in [2.24, 2.45) is 0 Å². The van der Waals surface area contributed by atoms with Crippen LogP contribution in [0.3, 0.4) is 0 Å². The number of hydrogen-bond acceptors (Lipinski definition) is 2. The molecule has 0 bridgehead atoms. The van der Waals surface area contributed by atoms with Gasteiger partial charge in [0.2, 0.25) is 0 Å². The van der Waals surface area contributed by atoms with E-state index in [0.29, 0.717) is 0 Å². The average Bonchev–Trinajstić information content (AvgIpc) is 2.32. The highest BCUT2D eigenvalue weighted by molar-refractivity contribution is 4.80. The lowest BCUT2D eigenvalue weighted by Gasteiger charge is -2.26. The second-order valence-corrected chi connectivity index (χ2v) is 3.63. The summed E-state index contributed by atoms with van der Waals surface area (Å²) in [5, 5.41) is 3.15. The van der Waals surface area contributed by atoms with Crippen LogP contribution >= 0.6 is 0 Å². The normalized spacial score (nSPS) is 25.2. The van der Waals surface area contributed by atoms with E-state index < -0.39 is 5.92 Å². The largest absolute Gasteiger partial charge is 0.315 e. The molecule has 1 fully saturated rings. The fourth-order valence-corrected chi connectivity index (χ4v) is 1.58. The minimum atomic E-state index is -2.57. The lowest BCUT2D eigenvalue weighted by Crippen LogP contribution is -2.40. The van der Waals surface area contributed by atoms with Gasteiger partial charge in [-0.15, -0.1) is 0 Å². The molecule has 0 spiro atoms. The Hall–Kier alpha value is -0.220. The Morgan fingerprint density at radius 3 is 2.67 bits per heavy atom. The first-order valence-corrected chi connectivity index (χ1v) is 4.28. The molecule has 1 N–H and O–H groups in total. The maximum Gasteiger partial charge on any atom is 0.257 e. The molecule has 4 heteroatoms. The minimum Gasteiger partial charge on any atom is -0.315 e. The molecule has 2 nitrogen and oxygen atoms in total. The van der Waals surface area contributed by atoms with E-state index in [0.717, 1.165) is 26.4 Å². The molecule has 1 atom stereocenters. The molecule has 72 valence electrons. The van der Waals surface area contributed by atoms with Crippen LogP contribution < -0.4 is 5.32 Å². The van der Waals surface area contributed by atoms with Gasteiger partial charge >= 0.3 is 0 Å². The molecule has 12 heavy (non-hydrogen) atoms. The summed E-state index contributed by atoms with van der Waals surface area (Å²) in [6.45, 7) is 2.61. The number of rotatable bonds is 3. The molecule has 1 aliphatic rings. The van der Waals surface area contributed by atoms with E-state index in [1.165, 1.54) is 0 Å². The third-order valence-electron chi connectivity index (χ3n) is 2.18. The molecule has 1 aliphatic heterocycles. The lowest BCUT2D eigenvalue weighted by atomic mass is 10.2. The van der Waals surface area contributed by atoms with Gasteiger partial charge in [0, 0.05) is 19.5 Å². The summed E-state index contributed by atoms with van der Waals surface area (Å²) in [4.78, 5) is 1.74. The molecule has 1 rings (SSSR count). The Labute approximate surface area is 71.9 Å². The van der Waals surface area contributed by atoms with Gasteiger partial charge < -0.3 is 5.32 Å². The minimum absolute atomic E-state index is 0.140. The molecule has 0 aromatic carbocycles. The summed E-state index contributed by atoms with van der Waals surface area (Å²) in [5.41, 5.74) is 0. The first-order chi connectivity index (χ1) is 5.49. The second kappa shape index (κ2) is 3.66. The Morgan fingerprint density at radius 1 is 1.58 bits per heavy atom. The van der Waals surface area contributed by atoms with Crippen LogP contribution in [0.5, 0.6) is 0 Å². The van der Waals surface area contributed by atoms with E-state index in [1.807, 2.05) is 0 Å². The Kier molecular flexibility index (Phi) is 3.01. The van der Waals surface area contributed by atoms with E-state index in [2.05, 4.69) is 5.32 Å². The predicted octanol–water partition coefficient (Wildman–Crippen LogP) is 0.935. The van der Waals surface area contributed by atoms with Crippen molar-refractivity contribution in [3.05, 3.63) is 0 Å². The zero-order chi connectivity index (χ0) is 9.19. The van der Waals surface area contributed by atoms with Crippen molar-refractivity contribution in [1.29, 1.82) is 0 Å². The molecule has 0 amide bonds. The Morgan fingerprint density at radius 2 is 2.25 bits per heavy atom. The van der Waals surface area contributed by atoms with Crippen molar-refractivity contribution in [2.45, 2.75) is 25.3 Å². The first-order valence-electron chi connectivity index (χ1n) is 4.28. The van der Waals surface area contributed by atoms with Gasteiger partial charge in [0.15, 0.2) is 0 Å². The molecular weight excluding hydrogens is 162 g/mol. The summed E-state index contributed by atoms with van der Waals surface area (Å²) in [7, 11) is 1.76. The smallest absolute Gasteiger partial charge is 0.257 e. The van der Waals surface area contributed by atoms with Crippen LogP contribution in [-0.4, -0.2) is 43.5 Å². The van der Waals surface area contributed by atoms with E-state index in [1.54, 1.807) is 11.9 Å². The van der Waals surface area contributed by atoms with Gasteiger partial charge in [0.25, 0.3) is 5.92 Å². The van der Waals surface area contributed by atoms with Crippen molar-refractivity contribution in [3.63, 3.8) is 0 Å². The number of nitrogens with one attached hydrogen (secondary N) is 1. The summed E-state index contributed by atoms with van der Waals surface area (Å²) in [6.07, 6.45) is 0.979. The van der Waals surface area contributed by atoms with Gasteiger partial charge in [-0.1, -0.05) is 0 Å². The van der Waals surface area contributed by atoms with Crippen LogP contribution in [0, 0.1) is 0 Å². The van der Waals surface area contributed by atoms with Gasteiger partial charge in [0.1, 0.15) is 0 Å². The highest BCUT2D eigenvalue weighted by Crippen LogP contribution is 2.16. The standard InChI is InChI=1S/C8H16F2N2/c1-8(9,10)6-12(2)7-3-4-11-5-7/h7,11H,3-6H2,1-2H3. The molecular formula is C8H16F2N2. The molecule has 1 heterocycles. The average molecular weight is 178 g/mol. The zero-order valence-corrected chi connectivity index (χ0v) is 7.61. The monoisotopic (exact) mass is 178 g/mol. The van der Waals surface area contributed by atoms with E-state index >= 15 is 0 Å². The molecule has 0 aliphatic carbocycles. The van der Waals surface area contributed by atoms with Crippen molar-refractivity contribution in [2.75, 3.05) is 26.7 Å². The fourth-order valence-electron chi connectivity index (χ4n) is 1.58. The maximum atomic E-state index is 12.6. The van der Waals surface area contributed by atoms with E-state index in [-0.39, 0.29) is 12.6 Å². The van der Waals surface area contributed by atoms with Crippen molar-refractivity contribution in [1.82, 2.24) is 10.2 Å². The molecule has 0 aromatic heterocycles. The zero-order valence-electron chi connectivity index (χ0n) is 7.61. The van der Waals surface area contributed by atoms with Crippen LogP contribution in [0.1, 0.15) is 13.3 Å². The SMILES string of the molecule is CN(CC(C)(F)F)C1CCNC1. The topological polar surface area (TPSA) is 15.3 Å². The van der Waals surface area contributed by atoms with Crippen molar-refractivity contribution < 1.29 is 8.78 Å². The third-order valence-corrected chi connectivity index (χ3v) is 2.18. The number of alkyl halides is 2. The molecule has 0 saturated carbocycles. The highest BCUT2D eigenvalue weighted by atomic mass is 19.3. The molecule has 0 radical (unpaired) electrons. The van der Waals surface area contributed by atoms with Gasteiger partial charge in [-0.2, -0.15) is 0 Å². The van der Waals surface area contributed by atoms with Gasteiger partial charge in [0.05, 0.1) is 6.54 Å². The highest BCUT2D eigenvalue weighted by Gasteiger charge is 2.28. The number of halogens is 2. The van der Waals surface area contributed by atoms with Gasteiger partial charge in [-0.05, 0) is 20.0 Å². The Bertz CT molecular complexity index is 138. The quantitative estimate of drug-likeness (QED) is 0.691. The maximum absolute atomic E-state index is 12.6.